The topological polar surface area (TPSA) is 29.9 Å². The Balaban J connectivity index is 2.20. The van der Waals surface area contributed by atoms with E-state index >= 15 is 0 Å². The van der Waals surface area contributed by atoms with Gasteiger partial charge >= 0.3 is 6.18 Å². The number of aromatic nitrogens is 2. The molecule has 0 bridgehead atoms. The summed E-state index contributed by atoms with van der Waals surface area (Å²) in [7, 11) is 1.73. The van der Waals surface area contributed by atoms with Gasteiger partial charge in [0, 0.05) is 7.05 Å². The fraction of sp³-hybridized carbons (Fsp3) is 0.364. The van der Waals surface area contributed by atoms with E-state index < -0.39 is 12.7 Å². The van der Waals surface area contributed by atoms with E-state index in [0.29, 0.717) is 16.4 Å². The zero-order chi connectivity index (χ0) is 13.3. The number of benzene rings is 1. The van der Waals surface area contributed by atoms with Crippen LogP contribution in [-0.4, -0.2) is 22.3 Å². The van der Waals surface area contributed by atoms with E-state index in [4.69, 9.17) is 11.6 Å². The molecule has 0 radical (unpaired) electrons. The summed E-state index contributed by atoms with van der Waals surface area (Å²) < 4.78 is 37.7. The molecule has 0 atom stereocenters. The first-order valence-electron chi connectivity index (χ1n) is 5.26. The van der Waals surface area contributed by atoms with Crippen LogP contribution in [0.15, 0.2) is 18.2 Å². The molecular formula is C11H11ClF3N3. The van der Waals surface area contributed by atoms with Crippen molar-refractivity contribution in [2.45, 2.75) is 12.7 Å². The minimum Gasteiger partial charge on any atom is -0.329 e. The average molecular weight is 278 g/mol. The van der Waals surface area contributed by atoms with Crippen molar-refractivity contribution >= 4 is 22.6 Å². The fourth-order valence-corrected chi connectivity index (χ4v) is 2.04. The smallest absolute Gasteiger partial charge is 0.329 e. The Morgan fingerprint density at radius 1 is 1.39 bits per heavy atom. The van der Waals surface area contributed by atoms with Crippen LogP contribution < -0.4 is 5.32 Å². The van der Waals surface area contributed by atoms with Crippen LogP contribution in [0.1, 0.15) is 5.82 Å². The molecule has 3 nitrogen and oxygen atoms in total. The van der Waals surface area contributed by atoms with Gasteiger partial charge in [-0.05, 0) is 12.1 Å². The molecule has 1 heterocycles. The average Bonchev–Trinajstić information content (AvgIpc) is 2.55. The lowest BCUT2D eigenvalue weighted by Gasteiger charge is -2.08. The molecule has 0 amide bonds. The van der Waals surface area contributed by atoms with Crippen molar-refractivity contribution in [3.05, 3.63) is 29.0 Å². The maximum Gasteiger partial charge on any atom is 0.401 e. The minimum absolute atomic E-state index is 0.0427. The van der Waals surface area contributed by atoms with Gasteiger partial charge in [0.1, 0.15) is 5.82 Å². The third-order valence-corrected chi connectivity index (χ3v) is 2.85. The Kier molecular flexibility index (Phi) is 3.49. The second-order valence-corrected chi connectivity index (χ2v) is 4.32. The molecule has 0 fully saturated rings. The van der Waals surface area contributed by atoms with Gasteiger partial charge in [-0.25, -0.2) is 4.98 Å². The second kappa shape index (κ2) is 4.78. The molecule has 1 N–H and O–H groups in total. The number of imidazole rings is 1. The van der Waals surface area contributed by atoms with Crippen LogP contribution in [0, 0.1) is 0 Å². The van der Waals surface area contributed by atoms with E-state index in [-0.39, 0.29) is 6.54 Å². The Morgan fingerprint density at radius 2 is 2.11 bits per heavy atom. The number of nitrogens with one attached hydrogen (secondary N) is 1. The largest absolute Gasteiger partial charge is 0.401 e. The Hall–Kier alpha value is -1.27. The maximum absolute atomic E-state index is 12.0. The number of hydrogen-bond donors (Lipinski definition) is 1. The van der Waals surface area contributed by atoms with E-state index in [0.717, 1.165) is 5.52 Å². The molecule has 18 heavy (non-hydrogen) atoms. The number of aryl methyl sites for hydroxylation is 1. The molecule has 0 saturated heterocycles. The number of alkyl halides is 3. The van der Waals surface area contributed by atoms with E-state index in [9.17, 15) is 13.2 Å². The van der Waals surface area contributed by atoms with Crippen LogP contribution in [0.2, 0.25) is 5.02 Å². The molecule has 0 aliphatic heterocycles. The van der Waals surface area contributed by atoms with Gasteiger partial charge in [-0.2, -0.15) is 13.2 Å². The lowest BCUT2D eigenvalue weighted by atomic mass is 10.3. The van der Waals surface area contributed by atoms with Crippen LogP contribution in [0.25, 0.3) is 11.0 Å². The highest BCUT2D eigenvalue weighted by molar-refractivity contribution is 6.35. The quantitative estimate of drug-likeness (QED) is 0.935. The second-order valence-electron chi connectivity index (χ2n) is 3.91. The summed E-state index contributed by atoms with van der Waals surface area (Å²) in [5.41, 5.74) is 1.40. The summed E-state index contributed by atoms with van der Waals surface area (Å²) in [6, 6.07) is 5.25. The molecule has 0 aliphatic rings. The van der Waals surface area contributed by atoms with Crippen LogP contribution in [0.3, 0.4) is 0 Å². The van der Waals surface area contributed by atoms with Gasteiger partial charge < -0.3 is 9.88 Å². The maximum atomic E-state index is 12.0. The van der Waals surface area contributed by atoms with Crippen LogP contribution in [0.4, 0.5) is 13.2 Å². The Morgan fingerprint density at radius 3 is 2.72 bits per heavy atom. The summed E-state index contributed by atoms with van der Waals surface area (Å²) >= 11 is 6.02. The van der Waals surface area contributed by atoms with Crippen LogP contribution >= 0.6 is 11.6 Å². The van der Waals surface area contributed by atoms with E-state index in [2.05, 4.69) is 10.3 Å². The summed E-state index contributed by atoms with van der Waals surface area (Å²) in [5.74, 6) is 0.516. The molecule has 2 rings (SSSR count). The molecule has 1 aromatic carbocycles. The summed E-state index contributed by atoms with van der Waals surface area (Å²) in [6.07, 6.45) is -4.22. The SMILES string of the molecule is Cn1c(CNCC(F)(F)F)nc2cccc(Cl)c21. The third-order valence-electron chi connectivity index (χ3n) is 2.55. The first kappa shape index (κ1) is 13.2. The van der Waals surface area contributed by atoms with Crippen molar-refractivity contribution in [3.63, 3.8) is 0 Å². The van der Waals surface area contributed by atoms with Gasteiger partial charge in [0.15, 0.2) is 0 Å². The van der Waals surface area contributed by atoms with Crippen molar-refractivity contribution in [1.82, 2.24) is 14.9 Å². The number of rotatable bonds is 3. The molecule has 0 aliphatic carbocycles. The van der Waals surface area contributed by atoms with Gasteiger partial charge in [-0.15, -0.1) is 0 Å². The van der Waals surface area contributed by atoms with Crippen molar-refractivity contribution in [2.24, 2.45) is 7.05 Å². The monoisotopic (exact) mass is 277 g/mol. The third kappa shape index (κ3) is 2.76. The number of hydrogen-bond acceptors (Lipinski definition) is 2. The Bertz CT molecular complexity index is 562. The van der Waals surface area contributed by atoms with E-state index in [1.54, 1.807) is 29.8 Å². The van der Waals surface area contributed by atoms with Gasteiger partial charge in [0.25, 0.3) is 0 Å². The highest BCUT2D eigenvalue weighted by atomic mass is 35.5. The molecule has 7 heteroatoms. The van der Waals surface area contributed by atoms with Gasteiger partial charge in [0.2, 0.25) is 0 Å². The predicted octanol–water partition coefficient (Wildman–Crippen LogP) is 2.88. The number of para-hydroxylation sites is 1. The first-order valence-corrected chi connectivity index (χ1v) is 5.63. The normalized spacial score (nSPS) is 12.3. The van der Waals surface area contributed by atoms with Crippen molar-refractivity contribution in [1.29, 1.82) is 0 Å². The molecule has 1 aromatic heterocycles. The molecule has 2 aromatic rings. The van der Waals surface area contributed by atoms with Crippen molar-refractivity contribution in [3.8, 4) is 0 Å². The fourth-order valence-electron chi connectivity index (χ4n) is 1.74. The first-order chi connectivity index (χ1) is 8.38. The standard InChI is InChI=1S/C11H11ClF3N3/c1-18-9(5-16-6-11(13,14)15)17-8-4-2-3-7(12)10(8)18/h2-4,16H,5-6H2,1H3. The number of fused-ring (bicyclic) bond motifs is 1. The lowest BCUT2D eigenvalue weighted by Crippen LogP contribution is -2.29. The molecule has 98 valence electrons. The molecule has 0 unspecified atom stereocenters. The molecular weight excluding hydrogens is 267 g/mol. The van der Waals surface area contributed by atoms with Gasteiger partial charge in [0.05, 0.1) is 29.1 Å². The zero-order valence-corrected chi connectivity index (χ0v) is 10.3. The zero-order valence-electron chi connectivity index (χ0n) is 9.55. The molecule has 0 spiro atoms. The number of halogens is 4. The van der Waals surface area contributed by atoms with Gasteiger partial charge in [-0.1, -0.05) is 17.7 Å². The number of nitrogens with zero attached hydrogens (tertiary/aromatic N) is 2. The van der Waals surface area contributed by atoms with Gasteiger partial charge in [-0.3, -0.25) is 0 Å². The lowest BCUT2D eigenvalue weighted by molar-refractivity contribution is -0.125. The minimum atomic E-state index is -4.22. The van der Waals surface area contributed by atoms with Crippen LogP contribution in [-0.2, 0) is 13.6 Å². The predicted molar refractivity (Wildman–Crippen MR) is 63.5 cm³/mol. The summed E-state index contributed by atoms with van der Waals surface area (Å²) in [4.78, 5) is 4.24. The Labute approximate surface area is 107 Å². The summed E-state index contributed by atoms with van der Waals surface area (Å²) in [5, 5.41) is 2.84. The highest BCUT2D eigenvalue weighted by Gasteiger charge is 2.26. The van der Waals surface area contributed by atoms with E-state index in [1.807, 2.05) is 0 Å². The molecule has 0 saturated carbocycles. The highest BCUT2D eigenvalue weighted by Crippen LogP contribution is 2.23. The summed E-state index contributed by atoms with van der Waals surface area (Å²) in [6.45, 7) is -0.995. The van der Waals surface area contributed by atoms with Crippen molar-refractivity contribution < 1.29 is 13.2 Å². The van der Waals surface area contributed by atoms with Crippen LogP contribution in [0.5, 0.6) is 0 Å². The van der Waals surface area contributed by atoms with E-state index in [1.165, 1.54) is 0 Å². The van der Waals surface area contributed by atoms with Crippen molar-refractivity contribution in [2.75, 3.05) is 6.54 Å².